The Hall–Kier alpha value is 0.260. The molecule has 3 rings (SSSR count). The summed E-state index contributed by atoms with van der Waals surface area (Å²) >= 11 is 6.48. The fourth-order valence-electron chi connectivity index (χ4n) is 2.53. The highest BCUT2D eigenvalue weighted by atomic mass is 127. The van der Waals surface area contributed by atoms with Gasteiger partial charge in [-0.3, -0.25) is 0 Å². The molecule has 3 atom stereocenters. The Labute approximate surface area is 142 Å². The van der Waals surface area contributed by atoms with E-state index in [2.05, 4.69) is 72.3 Å². The van der Waals surface area contributed by atoms with Crippen LogP contribution in [-0.4, -0.2) is 30.6 Å². The van der Waals surface area contributed by atoms with Gasteiger partial charge in [-0.05, 0) is 52.8 Å². The summed E-state index contributed by atoms with van der Waals surface area (Å²) < 4.78 is 3.65. The number of rotatable bonds is 3. The molecule has 2 heterocycles. The Morgan fingerprint density at radius 1 is 1.47 bits per heavy atom. The van der Waals surface area contributed by atoms with E-state index in [1.54, 1.807) is 11.3 Å². The van der Waals surface area contributed by atoms with E-state index in [0.29, 0.717) is 15.9 Å². The van der Waals surface area contributed by atoms with E-state index < -0.39 is 0 Å². The first kappa shape index (κ1) is 14.2. The quantitative estimate of drug-likeness (QED) is 0.519. The molecule has 2 aromatic heterocycles. The minimum Gasteiger partial charge on any atom is -0.396 e. The molecule has 1 N–H and O–H groups in total. The number of aliphatic hydroxyl groups is 1. The lowest BCUT2D eigenvalue weighted by Crippen LogP contribution is -2.16. The first-order valence-electron chi connectivity index (χ1n) is 6.09. The van der Waals surface area contributed by atoms with Gasteiger partial charge in [0.15, 0.2) is 0 Å². The molecule has 1 fully saturated rings. The summed E-state index contributed by atoms with van der Waals surface area (Å²) in [5.41, 5.74) is 2.11. The van der Waals surface area contributed by atoms with Crippen molar-refractivity contribution in [1.29, 1.82) is 0 Å². The number of halogens is 2. The van der Waals surface area contributed by atoms with Crippen LogP contribution in [0.1, 0.15) is 18.9 Å². The van der Waals surface area contributed by atoms with Gasteiger partial charge in [0.05, 0.1) is 6.04 Å². The Morgan fingerprint density at radius 3 is 2.95 bits per heavy atom. The molecule has 7 heteroatoms. The highest BCUT2D eigenvalue weighted by Crippen LogP contribution is 2.41. The van der Waals surface area contributed by atoms with Crippen molar-refractivity contribution < 1.29 is 5.11 Å². The summed E-state index contributed by atoms with van der Waals surface area (Å²) in [6.07, 6.45) is 2.05. The molecule has 19 heavy (non-hydrogen) atoms. The lowest BCUT2D eigenvalue weighted by atomic mass is 10.1. The minimum atomic E-state index is 0.276. The van der Waals surface area contributed by atoms with Crippen LogP contribution in [0.2, 0.25) is 0 Å². The number of alkyl halides is 1. The van der Waals surface area contributed by atoms with Gasteiger partial charge < -0.3 is 5.11 Å². The fourth-order valence-corrected chi connectivity index (χ4v) is 5.36. The third-order valence-corrected chi connectivity index (χ3v) is 6.58. The number of nitrogens with zero attached hydrogens (tertiary/aromatic N) is 3. The van der Waals surface area contributed by atoms with E-state index in [1.165, 1.54) is 0 Å². The van der Waals surface area contributed by atoms with Gasteiger partial charge in [0.2, 0.25) is 0 Å². The highest BCUT2D eigenvalue weighted by Gasteiger charge is 2.35. The van der Waals surface area contributed by atoms with Crippen LogP contribution in [0.5, 0.6) is 0 Å². The summed E-state index contributed by atoms with van der Waals surface area (Å²) in [5.74, 6) is 0.400. The molecule has 0 spiro atoms. The average Bonchev–Trinajstić information content (AvgIpc) is 3.09. The molecule has 0 unspecified atom stereocenters. The van der Waals surface area contributed by atoms with Crippen LogP contribution in [-0.2, 0) is 0 Å². The topological polar surface area (TPSA) is 50.9 Å². The van der Waals surface area contributed by atoms with Crippen molar-refractivity contribution in [3.05, 3.63) is 20.5 Å². The third kappa shape index (κ3) is 2.70. The summed E-state index contributed by atoms with van der Waals surface area (Å²) in [7, 11) is 0. The number of hydrogen-bond acceptors (Lipinski definition) is 4. The predicted molar refractivity (Wildman–Crippen MR) is 92.7 cm³/mol. The third-order valence-electron chi connectivity index (χ3n) is 3.56. The van der Waals surface area contributed by atoms with Gasteiger partial charge in [-0.1, -0.05) is 27.8 Å². The smallest absolute Gasteiger partial charge is 0.127 e. The highest BCUT2D eigenvalue weighted by molar-refractivity contribution is 14.1. The zero-order chi connectivity index (χ0) is 13.4. The van der Waals surface area contributed by atoms with E-state index in [4.69, 9.17) is 0 Å². The summed E-state index contributed by atoms with van der Waals surface area (Å²) in [4.78, 5) is 0. The molecule has 0 saturated heterocycles. The predicted octanol–water partition coefficient (Wildman–Crippen LogP) is 3.36. The standard InChI is InChI=1S/C12H13I2N3OS/c13-9-3-7(5-18)4-10(9)17-12(14)11(15-16-17)8-1-2-19-6-8/h1-2,6-7,9-10,18H,3-5H2/t7-,9-,10-/m1/s1. The fraction of sp³-hybridized carbons (Fsp3) is 0.500. The zero-order valence-electron chi connectivity index (χ0n) is 10.0. The number of hydrogen-bond donors (Lipinski definition) is 1. The molecule has 1 aliphatic rings. The summed E-state index contributed by atoms with van der Waals surface area (Å²) in [5, 5.41) is 22.2. The van der Waals surface area contributed by atoms with E-state index in [1.807, 2.05) is 4.68 Å². The molecule has 0 amide bonds. The number of aromatic nitrogens is 3. The van der Waals surface area contributed by atoms with Crippen molar-refractivity contribution in [3.63, 3.8) is 0 Å². The largest absolute Gasteiger partial charge is 0.396 e. The van der Waals surface area contributed by atoms with Gasteiger partial charge in [-0.15, -0.1) is 5.10 Å². The van der Waals surface area contributed by atoms with E-state index in [-0.39, 0.29) is 6.61 Å². The first-order chi connectivity index (χ1) is 9.20. The van der Waals surface area contributed by atoms with Crippen LogP contribution >= 0.6 is 56.5 Å². The molecule has 0 aliphatic heterocycles. The average molecular weight is 501 g/mol. The Kier molecular flexibility index (Phi) is 4.44. The molecule has 4 nitrogen and oxygen atoms in total. The van der Waals surface area contributed by atoms with Crippen LogP contribution in [0.15, 0.2) is 16.8 Å². The molecule has 2 aromatic rings. The summed E-state index contributed by atoms with van der Waals surface area (Å²) in [6.45, 7) is 0.276. The van der Waals surface area contributed by atoms with Gasteiger partial charge in [-0.25, -0.2) is 4.68 Å². The maximum atomic E-state index is 9.32. The summed E-state index contributed by atoms with van der Waals surface area (Å²) in [6, 6.07) is 2.43. The van der Waals surface area contributed by atoms with Gasteiger partial charge in [0.25, 0.3) is 0 Å². The molecule has 0 bridgehead atoms. The minimum absolute atomic E-state index is 0.276. The van der Waals surface area contributed by atoms with Crippen molar-refractivity contribution in [2.45, 2.75) is 22.8 Å². The zero-order valence-corrected chi connectivity index (χ0v) is 15.2. The molecule has 1 saturated carbocycles. The Balaban J connectivity index is 1.91. The van der Waals surface area contributed by atoms with E-state index in [0.717, 1.165) is 27.8 Å². The Morgan fingerprint density at radius 2 is 2.32 bits per heavy atom. The van der Waals surface area contributed by atoms with Gasteiger partial charge in [0, 0.05) is 21.5 Å². The van der Waals surface area contributed by atoms with E-state index in [9.17, 15) is 5.11 Å². The van der Waals surface area contributed by atoms with Crippen LogP contribution < -0.4 is 0 Å². The molecular weight excluding hydrogens is 488 g/mol. The lowest BCUT2D eigenvalue weighted by molar-refractivity contribution is 0.225. The normalized spacial score (nSPS) is 27.0. The lowest BCUT2D eigenvalue weighted by Gasteiger charge is -2.14. The van der Waals surface area contributed by atoms with Crippen molar-refractivity contribution in [2.24, 2.45) is 5.92 Å². The molecule has 0 aromatic carbocycles. The molecule has 1 aliphatic carbocycles. The first-order valence-corrected chi connectivity index (χ1v) is 9.35. The van der Waals surface area contributed by atoms with Crippen molar-refractivity contribution >= 4 is 56.5 Å². The van der Waals surface area contributed by atoms with Crippen LogP contribution in [0.25, 0.3) is 11.3 Å². The van der Waals surface area contributed by atoms with Gasteiger partial charge in [0.1, 0.15) is 9.39 Å². The van der Waals surface area contributed by atoms with Crippen molar-refractivity contribution in [1.82, 2.24) is 15.0 Å². The van der Waals surface area contributed by atoms with Crippen molar-refractivity contribution in [2.75, 3.05) is 6.61 Å². The SMILES string of the molecule is OC[C@@H]1C[C@@H](I)[C@H](n2nnc(-c3ccsc3)c2I)C1. The van der Waals surface area contributed by atoms with Crippen LogP contribution in [0.3, 0.4) is 0 Å². The van der Waals surface area contributed by atoms with Crippen LogP contribution in [0.4, 0.5) is 0 Å². The van der Waals surface area contributed by atoms with Gasteiger partial charge >= 0.3 is 0 Å². The van der Waals surface area contributed by atoms with Crippen molar-refractivity contribution in [3.8, 4) is 11.3 Å². The molecule has 102 valence electrons. The number of aliphatic hydroxyl groups excluding tert-OH is 1. The second-order valence-corrected chi connectivity index (χ2v) is 8.19. The second kappa shape index (κ2) is 5.94. The monoisotopic (exact) mass is 501 g/mol. The van der Waals surface area contributed by atoms with Crippen LogP contribution in [0, 0.1) is 9.62 Å². The maximum Gasteiger partial charge on any atom is 0.127 e. The van der Waals surface area contributed by atoms with Gasteiger partial charge in [-0.2, -0.15) is 11.3 Å². The second-order valence-electron chi connectivity index (χ2n) is 4.79. The Bertz CT molecular complexity index is 557. The maximum absolute atomic E-state index is 9.32. The number of thiophene rings is 1. The molecular formula is C12H13I2N3OS. The molecule has 0 radical (unpaired) electrons. The van der Waals surface area contributed by atoms with E-state index >= 15 is 0 Å².